The van der Waals surface area contributed by atoms with Crippen molar-refractivity contribution in [1.29, 1.82) is 0 Å². The molecule has 0 saturated carbocycles. The Bertz CT molecular complexity index is 530. The molecule has 1 amide bonds. The van der Waals surface area contributed by atoms with Crippen molar-refractivity contribution in [2.24, 2.45) is 5.92 Å². The van der Waals surface area contributed by atoms with E-state index in [-0.39, 0.29) is 17.8 Å². The third kappa shape index (κ3) is 7.79. The second kappa shape index (κ2) is 8.64. The predicted octanol–water partition coefficient (Wildman–Crippen LogP) is 4.23. The van der Waals surface area contributed by atoms with Gasteiger partial charge >= 0.3 is 6.09 Å². The number of ether oxygens (including phenoxy) is 1. The van der Waals surface area contributed by atoms with Gasteiger partial charge in [0, 0.05) is 29.2 Å². The molecule has 4 nitrogen and oxygen atoms in total. The monoisotopic (exact) mass is 388 g/mol. The molecule has 0 fully saturated rings. The van der Waals surface area contributed by atoms with Crippen molar-refractivity contribution in [2.45, 2.75) is 52.8 Å². The minimum absolute atomic E-state index is 0.0190. The molecule has 1 aromatic rings. The van der Waals surface area contributed by atoms with E-state index in [1.807, 2.05) is 40.7 Å². The Balaban J connectivity index is 2.54. The standard InChI is InChI=1S/C17H26BrFN2O2/c1-11(2)15(10-21-16(22)23-17(3,4)5)20-9-12-6-7-13(18)8-14(12)19/h6-8,11,15,20H,9-10H2,1-5H3,(H,21,22). The molecule has 0 aliphatic carbocycles. The maximum Gasteiger partial charge on any atom is 0.407 e. The Kier molecular flexibility index (Phi) is 7.48. The average molecular weight is 389 g/mol. The summed E-state index contributed by atoms with van der Waals surface area (Å²) in [6, 6.07) is 5.01. The third-order valence-electron chi connectivity index (χ3n) is 3.24. The summed E-state index contributed by atoms with van der Waals surface area (Å²) >= 11 is 3.24. The van der Waals surface area contributed by atoms with Crippen molar-refractivity contribution in [1.82, 2.24) is 10.6 Å². The van der Waals surface area contributed by atoms with E-state index >= 15 is 0 Å². The number of hydrogen-bond acceptors (Lipinski definition) is 3. The first-order valence-electron chi connectivity index (χ1n) is 7.72. The van der Waals surface area contributed by atoms with Crippen LogP contribution >= 0.6 is 15.9 Å². The number of benzene rings is 1. The number of halogens is 2. The van der Waals surface area contributed by atoms with Gasteiger partial charge < -0.3 is 15.4 Å². The van der Waals surface area contributed by atoms with Crippen LogP contribution in [0.2, 0.25) is 0 Å². The number of carbonyl (C=O) groups is 1. The first-order valence-corrected chi connectivity index (χ1v) is 8.52. The van der Waals surface area contributed by atoms with Crippen molar-refractivity contribution in [3.63, 3.8) is 0 Å². The van der Waals surface area contributed by atoms with Gasteiger partial charge in [0.2, 0.25) is 0 Å². The molecule has 23 heavy (non-hydrogen) atoms. The molecule has 0 aliphatic rings. The van der Waals surface area contributed by atoms with Gasteiger partial charge in [-0.15, -0.1) is 0 Å². The summed E-state index contributed by atoms with van der Waals surface area (Å²) < 4.78 is 19.8. The third-order valence-corrected chi connectivity index (χ3v) is 3.73. The lowest BCUT2D eigenvalue weighted by atomic mass is 10.0. The highest BCUT2D eigenvalue weighted by molar-refractivity contribution is 9.10. The highest BCUT2D eigenvalue weighted by Crippen LogP contribution is 2.15. The van der Waals surface area contributed by atoms with Gasteiger partial charge in [0.25, 0.3) is 0 Å². The van der Waals surface area contributed by atoms with Gasteiger partial charge in [0.1, 0.15) is 11.4 Å². The summed E-state index contributed by atoms with van der Waals surface area (Å²) in [5.74, 6) is 0.0259. The summed E-state index contributed by atoms with van der Waals surface area (Å²) in [6.45, 7) is 10.4. The molecule has 130 valence electrons. The average Bonchev–Trinajstić information content (AvgIpc) is 2.38. The van der Waals surface area contributed by atoms with Crippen LogP contribution in [0.1, 0.15) is 40.2 Å². The van der Waals surface area contributed by atoms with Gasteiger partial charge in [-0.2, -0.15) is 0 Å². The largest absolute Gasteiger partial charge is 0.444 e. The summed E-state index contributed by atoms with van der Waals surface area (Å²) in [5, 5.41) is 6.04. The highest BCUT2D eigenvalue weighted by Gasteiger charge is 2.19. The fraction of sp³-hybridized carbons (Fsp3) is 0.588. The lowest BCUT2D eigenvalue weighted by molar-refractivity contribution is 0.0519. The van der Waals surface area contributed by atoms with E-state index in [9.17, 15) is 9.18 Å². The summed E-state index contributed by atoms with van der Waals surface area (Å²) in [6.07, 6.45) is -0.445. The first kappa shape index (κ1) is 19.9. The highest BCUT2D eigenvalue weighted by atomic mass is 79.9. The molecular weight excluding hydrogens is 363 g/mol. The number of rotatable bonds is 6. The van der Waals surface area contributed by atoms with Crippen LogP contribution in [0, 0.1) is 11.7 Å². The van der Waals surface area contributed by atoms with Crippen LogP contribution in [-0.4, -0.2) is 24.3 Å². The Morgan fingerprint density at radius 2 is 2.00 bits per heavy atom. The van der Waals surface area contributed by atoms with Crippen LogP contribution < -0.4 is 10.6 Å². The minimum Gasteiger partial charge on any atom is -0.444 e. The van der Waals surface area contributed by atoms with Crippen LogP contribution in [0.25, 0.3) is 0 Å². The van der Waals surface area contributed by atoms with Crippen LogP contribution in [-0.2, 0) is 11.3 Å². The Hall–Kier alpha value is -1.14. The molecule has 0 bridgehead atoms. The zero-order chi connectivity index (χ0) is 17.6. The normalized spacial score (nSPS) is 13.0. The lowest BCUT2D eigenvalue weighted by Crippen LogP contribution is -2.45. The number of amides is 1. The molecule has 0 aliphatic heterocycles. The van der Waals surface area contributed by atoms with Gasteiger partial charge in [0.05, 0.1) is 0 Å². The molecule has 2 N–H and O–H groups in total. The fourth-order valence-corrected chi connectivity index (χ4v) is 2.29. The number of hydrogen-bond donors (Lipinski definition) is 2. The van der Waals surface area contributed by atoms with Gasteiger partial charge in [-0.25, -0.2) is 9.18 Å². The molecule has 0 spiro atoms. The molecule has 1 rings (SSSR count). The van der Waals surface area contributed by atoms with Crippen molar-refractivity contribution < 1.29 is 13.9 Å². The van der Waals surface area contributed by atoms with Gasteiger partial charge in [-0.1, -0.05) is 35.8 Å². The zero-order valence-corrected chi connectivity index (χ0v) is 16.0. The minimum atomic E-state index is -0.522. The summed E-state index contributed by atoms with van der Waals surface area (Å²) in [5.41, 5.74) is 0.0712. The Morgan fingerprint density at radius 1 is 1.35 bits per heavy atom. The maximum atomic E-state index is 13.8. The second-order valence-corrected chi connectivity index (χ2v) is 7.77. The molecule has 0 aromatic heterocycles. The molecule has 1 aromatic carbocycles. The zero-order valence-electron chi connectivity index (χ0n) is 14.4. The number of nitrogens with one attached hydrogen (secondary N) is 2. The van der Waals surface area contributed by atoms with Crippen LogP contribution in [0.5, 0.6) is 0 Å². The van der Waals surface area contributed by atoms with Crippen molar-refractivity contribution in [2.75, 3.05) is 6.54 Å². The van der Waals surface area contributed by atoms with E-state index in [4.69, 9.17) is 4.74 Å². The van der Waals surface area contributed by atoms with Crippen molar-refractivity contribution >= 4 is 22.0 Å². The SMILES string of the molecule is CC(C)C(CNC(=O)OC(C)(C)C)NCc1ccc(Br)cc1F. The maximum absolute atomic E-state index is 13.8. The fourth-order valence-electron chi connectivity index (χ4n) is 1.96. The lowest BCUT2D eigenvalue weighted by Gasteiger charge is -2.25. The van der Waals surface area contributed by atoms with E-state index < -0.39 is 11.7 Å². The molecular formula is C17H26BrFN2O2. The van der Waals surface area contributed by atoms with Crippen LogP contribution in [0.15, 0.2) is 22.7 Å². The van der Waals surface area contributed by atoms with Crippen molar-refractivity contribution in [3.8, 4) is 0 Å². The smallest absolute Gasteiger partial charge is 0.407 e. The van der Waals surface area contributed by atoms with E-state index in [1.54, 1.807) is 6.07 Å². The summed E-state index contributed by atoms with van der Waals surface area (Å²) in [4.78, 5) is 11.7. The first-order chi connectivity index (χ1) is 10.6. The second-order valence-electron chi connectivity index (χ2n) is 6.85. The van der Waals surface area contributed by atoms with Crippen molar-refractivity contribution in [3.05, 3.63) is 34.1 Å². The van der Waals surface area contributed by atoms with Crippen LogP contribution in [0.3, 0.4) is 0 Å². The van der Waals surface area contributed by atoms with Crippen LogP contribution in [0.4, 0.5) is 9.18 Å². The molecule has 6 heteroatoms. The predicted molar refractivity (Wildman–Crippen MR) is 93.8 cm³/mol. The van der Waals surface area contributed by atoms with Gasteiger partial charge in [0.15, 0.2) is 0 Å². The van der Waals surface area contributed by atoms with Gasteiger partial charge in [-0.3, -0.25) is 0 Å². The van der Waals surface area contributed by atoms with E-state index in [1.165, 1.54) is 6.07 Å². The molecule has 0 radical (unpaired) electrons. The summed E-state index contributed by atoms with van der Waals surface area (Å²) in [7, 11) is 0. The van der Waals surface area contributed by atoms with E-state index in [2.05, 4.69) is 26.6 Å². The quantitative estimate of drug-likeness (QED) is 0.766. The molecule has 1 atom stereocenters. The molecule has 1 unspecified atom stereocenters. The Labute approximate surface area is 146 Å². The van der Waals surface area contributed by atoms with Gasteiger partial charge in [-0.05, 0) is 38.8 Å². The molecule has 0 saturated heterocycles. The number of carbonyl (C=O) groups excluding carboxylic acids is 1. The van der Waals surface area contributed by atoms with E-state index in [0.717, 1.165) is 0 Å². The number of alkyl carbamates (subject to hydrolysis) is 1. The Morgan fingerprint density at radius 3 is 2.52 bits per heavy atom. The van der Waals surface area contributed by atoms with E-state index in [0.29, 0.717) is 23.1 Å². The topological polar surface area (TPSA) is 50.4 Å². The molecule has 0 heterocycles.